The van der Waals surface area contributed by atoms with Gasteiger partial charge >= 0.3 is 0 Å². The van der Waals surface area contributed by atoms with Crippen molar-refractivity contribution in [2.45, 2.75) is 30.6 Å². The lowest BCUT2D eigenvalue weighted by Gasteiger charge is -2.22. The third-order valence-corrected chi connectivity index (χ3v) is 6.92. The van der Waals surface area contributed by atoms with Crippen molar-refractivity contribution in [3.8, 4) is 0 Å². The van der Waals surface area contributed by atoms with Gasteiger partial charge in [-0.1, -0.05) is 6.42 Å². The average Bonchev–Trinajstić information content (AvgIpc) is 3.08. The zero-order valence-corrected chi connectivity index (χ0v) is 13.6. The molecule has 21 heavy (non-hydrogen) atoms. The fraction of sp³-hybridized carbons (Fsp3) is 0.625. The molecule has 0 radical (unpaired) electrons. The first-order valence-electron chi connectivity index (χ1n) is 7.73. The lowest BCUT2D eigenvalue weighted by molar-refractivity contribution is 0.348. The summed E-state index contributed by atoms with van der Waals surface area (Å²) in [5, 5.41) is 3.47. The highest BCUT2D eigenvalue weighted by molar-refractivity contribution is 7.89. The van der Waals surface area contributed by atoms with Gasteiger partial charge in [-0.15, -0.1) is 0 Å². The molecule has 1 aromatic carbocycles. The largest absolute Gasteiger partial charge is 0.385 e. The Labute approximate surface area is 127 Å². The highest BCUT2D eigenvalue weighted by Gasteiger charge is 2.38. The molecule has 0 aliphatic heterocycles. The number of hydrogen-bond acceptors (Lipinski definition) is 3. The van der Waals surface area contributed by atoms with E-state index in [1.807, 2.05) is 12.1 Å². The molecule has 3 unspecified atom stereocenters. The first kappa shape index (κ1) is 14.9. The molecule has 1 N–H and O–H groups in total. The molecule has 0 aromatic heterocycles. The van der Waals surface area contributed by atoms with E-state index in [1.54, 1.807) is 26.2 Å². The first-order chi connectivity index (χ1) is 9.96. The highest BCUT2D eigenvalue weighted by atomic mass is 32.2. The number of fused-ring (bicyclic) bond motifs is 2. The monoisotopic (exact) mass is 308 g/mol. The van der Waals surface area contributed by atoms with Gasteiger partial charge in [0.25, 0.3) is 0 Å². The van der Waals surface area contributed by atoms with Gasteiger partial charge in [0.15, 0.2) is 0 Å². The fourth-order valence-electron chi connectivity index (χ4n) is 3.83. The number of anilines is 1. The predicted molar refractivity (Wildman–Crippen MR) is 84.7 cm³/mol. The Bertz CT molecular complexity index is 595. The standard InChI is InChI=1S/C16H24N2O2S/c1-18(2)21(19,20)16-7-5-15(6-8-16)17-11-14-10-12-3-4-13(14)9-12/h5-8,12-14,17H,3-4,9-11H2,1-2H3. The summed E-state index contributed by atoms with van der Waals surface area (Å²) < 4.78 is 25.2. The van der Waals surface area contributed by atoms with Gasteiger partial charge in [-0.05, 0) is 61.3 Å². The van der Waals surface area contributed by atoms with E-state index in [0.717, 1.165) is 30.0 Å². The van der Waals surface area contributed by atoms with Crippen molar-refractivity contribution in [3.63, 3.8) is 0 Å². The number of nitrogens with zero attached hydrogens (tertiary/aromatic N) is 1. The van der Waals surface area contributed by atoms with Crippen LogP contribution < -0.4 is 5.32 Å². The molecule has 5 heteroatoms. The summed E-state index contributed by atoms with van der Waals surface area (Å²) in [6.07, 6.45) is 5.62. The van der Waals surface area contributed by atoms with Crippen molar-refractivity contribution in [2.75, 3.05) is 26.0 Å². The topological polar surface area (TPSA) is 49.4 Å². The second-order valence-corrected chi connectivity index (χ2v) is 8.78. The van der Waals surface area contributed by atoms with E-state index in [2.05, 4.69) is 5.32 Å². The minimum atomic E-state index is -3.33. The Hall–Kier alpha value is -1.07. The number of rotatable bonds is 5. The normalized spacial score (nSPS) is 28.2. The molecule has 4 nitrogen and oxygen atoms in total. The third-order valence-electron chi connectivity index (χ3n) is 5.09. The lowest BCUT2D eigenvalue weighted by atomic mass is 9.89. The second kappa shape index (κ2) is 5.61. The van der Waals surface area contributed by atoms with Crippen molar-refractivity contribution in [1.82, 2.24) is 4.31 Å². The minimum absolute atomic E-state index is 0.345. The first-order valence-corrected chi connectivity index (χ1v) is 9.17. The summed E-state index contributed by atoms with van der Waals surface area (Å²) in [6.45, 7) is 1.01. The Morgan fingerprint density at radius 3 is 2.38 bits per heavy atom. The molecule has 2 aliphatic carbocycles. The van der Waals surface area contributed by atoms with Crippen LogP contribution >= 0.6 is 0 Å². The average molecular weight is 308 g/mol. The van der Waals surface area contributed by atoms with Crippen LogP contribution in [0.3, 0.4) is 0 Å². The quantitative estimate of drug-likeness (QED) is 0.910. The number of benzene rings is 1. The molecule has 0 heterocycles. The van der Waals surface area contributed by atoms with E-state index in [9.17, 15) is 8.42 Å². The Kier molecular flexibility index (Phi) is 3.97. The van der Waals surface area contributed by atoms with Crippen molar-refractivity contribution in [2.24, 2.45) is 17.8 Å². The van der Waals surface area contributed by atoms with Crippen LogP contribution in [-0.4, -0.2) is 33.4 Å². The number of nitrogens with one attached hydrogen (secondary N) is 1. The van der Waals surface area contributed by atoms with E-state index in [-0.39, 0.29) is 0 Å². The molecule has 2 aliphatic rings. The minimum Gasteiger partial charge on any atom is -0.385 e. The predicted octanol–water partition coefficient (Wildman–Crippen LogP) is 2.79. The van der Waals surface area contributed by atoms with Gasteiger partial charge in [0, 0.05) is 26.3 Å². The van der Waals surface area contributed by atoms with Crippen LogP contribution in [0, 0.1) is 17.8 Å². The summed E-state index contributed by atoms with van der Waals surface area (Å²) in [4.78, 5) is 0.345. The van der Waals surface area contributed by atoms with Crippen LogP contribution in [0.1, 0.15) is 25.7 Å². The molecule has 2 saturated carbocycles. The van der Waals surface area contributed by atoms with Crippen molar-refractivity contribution < 1.29 is 8.42 Å². The van der Waals surface area contributed by atoms with Crippen LogP contribution in [0.5, 0.6) is 0 Å². The highest BCUT2D eigenvalue weighted by Crippen LogP contribution is 2.48. The number of hydrogen-bond donors (Lipinski definition) is 1. The van der Waals surface area contributed by atoms with Crippen LogP contribution in [0.4, 0.5) is 5.69 Å². The van der Waals surface area contributed by atoms with Gasteiger partial charge in [0.05, 0.1) is 4.90 Å². The smallest absolute Gasteiger partial charge is 0.242 e. The van der Waals surface area contributed by atoms with Crippen LogP contribution in [0.25, 0.3) is 0 Å². The SMILES string of the molecule is CN(C)S(=O)(=O)c1ccc(NCC2CC3CCC2C3)cc1. The van der Waals surface area contributed by atoms with Gasteiger partial charge in [-0.2, -0.15) is 0 Å². The zero-order valence-electron chi connectivity index (χ0n) is 12.7. The molecule has 0 spiro atoms. The van der Waals surface area contributed by atoms with E-state index in [4.69, 9.17) is 0 Å². The zero-order chi connectivity index (χ0) is 15.0. The van der Waals surface area contributed by atoms with E-state index in [1.165, 1.54) is 30.0 Å². The van der Waals surface area contributed by atoms with Crippen molar-refractivity contribution >= 4 is 15.7 Å². The van der Waals surface area contributed by atoms with Crippen LogP contribution in [0.2, 0.25) is 0 Å². The molecule has 1 aromatic rings. The second-order valence-electron chi connectivity index (χ2n) is 6.63. The third kappa shape index (κ3) is 2.94. The molecule has 0 saturated heterocycles. The van der Waals surface area contributed by atoms with Crippen LogP contribution in [0.15, 0.2) is 29.2 Å². The van der Waals surface area contributed by atoms with Gasteiger partial charge in [-0.3, -0.25) is 0 Å². The van der Waals surface area contributed by atoms with Gasteiger partial charge in [0.2, 0.25) is 10.0 Å². The molecule has 2 fully saturated rings. The molecule has 3 atom stereocenters. The maximum atomic E-state index is 12.0. The summed E-state index contributed by atoms with van der Waals surface area (Å²) in [6, 6.07) is 7.09. The molecule has 2 bridgehead atoms. The van der Waals surface area contributed by atoms with E-state index < -0.39 is 10.0 Å². The Balaban J connectivity index is 1.60. The maximum Gasteiger partial charge on any atom is 0.242 e. The lowest BCUT2D eigenvalue weighted by Crippen LogP contribution is -2.22. The Morgan fingerprint density at radius 1 is 1.14 bits per heavy atom. The maximum absolute atomic E-state index is 12.0. The van der Waals surface area contributed by atoms with Crippen molar-refractivity contribution in [3.05, 3.63) is 24.3 Å². The van der Waals surface area contributed by atoms with Gasteiger partial charge < -0.3 is 5.32 Å². The van der Waals surface area contributed by atoms with E-state index >= 15 is 0 Å². The van der Waals surface area contributed by atoms with Gasteiger partial charge in [0.1, 0.15) is 0 Å². The molecular weight excluding hydrogens is 284 g/mol. The van der Waals surface area contributed by atoms with E-state index in [0.29, 0.717) is 4.90 Å². The molecule has 116 valence electrons. The van der Waals surface area contributed by atoms with Gasteiger partial charge in [-0.25, -0.2) is 12.7 Å². The number of sulfonamides is 1. The summed E-state index contributed by atoms with van der Waals surface area (Å²) in [7, 11) is -0.221. The molecule has 3 rings (SSSR count). The Morgan fingerprint density at radius 2 is 1.86 bits per heavy atom. The summed E-state index contributed by atoms with van der Waals surface area (Å²) in [5.74, 6) is 2.68. The molecular formula is C16H24N2O2S. The van der Waals surface area contributed by atoms with Crippen molar-refractivity contribution in [1.29, 1.82) is 0 Å². The fourth-order valence-corrected chi connectivity index (χ4v) is 4.73. The van der Waals surface area contributed by atoms with Crippen LogP contribution in [-0.2, 0) is 10.0 Å². The summed E-state index contributed by atoms with van der Waals surface area (Å²) in [5.41, 5.74) is 1.01. The summed E-state index contributed by atoms with van der Waals surface area (Å²) >= 11 is 0. The molecule has 0 amide bonds.